The lowest BCUT2D eigenvalue weighted by molar-refractivity contribution is -0.137. The van der Waals surface area contributed by atoms with E-state index >= 15 is 0 Å². The third kappa shape index (κ3) is 3.78. The van der Waals surface area contributed by atoms with Gasteiger partial charge in [-0.2, -0.15) is 0 Å². The molecule has 2 aliphatic heterocycles. The Morgan fingerprint density at radius 3 is 2.96 bits per heavy atom. The van der Waals surface area contributed by atoms with Crippen molar-refractivity contribution in [3.63, 3.8) is 0 Å². The molecular weight excluding hydrogens is 305 g/mol. The smallest absolute Gasteiger partial charge is 0.318 e. The van der Waals surface area contributed by atoms with Gasteiger partial charge in [-0.05, 0) is 7.05 Å². The van der Waals surface area contributed by atoms with Crippen molar-refractivity contribution in [3.8, 4) is 0 Å². The average molecular weight is 327 g/mol. The van der Waals surface area contributed by atoms with Crippen LogP contribution in [0.15, 0.2) is 4.42 Å². The number of nitrogens with zero attached hydrogens (tertiary/aromatic N) is 4. The van der Waals surface area contributed by atoms with Crippen molar-refractivity contribution in [3.05, 3.63) is 5.89 Å². The van der Waals surface area contributed by atoms with Gasteiger partial charge in [0.05, 0.1) is 19.2 Å². The highest BCUT2D eigenvalue weighted by Crippen LogP contribution is 2.25. The van der Waals surface area contributed by atoms with Crippen molar-refractivity contribution in [1.82, 2.24) is 20.4 Å². The van der Waals surface area contributed by atoms with E-state index in [0.717, 1.165) is 6.54 Å². The Hall–Kier alpha value is -1.74. The van der Waals surface area contributed by atoms with E-state index in [1.165, 1.54) is 0 Å². The Balaban J connectivity index is 1.56. The van der Waals surface area contributed by atoms with Gasteiger partial charge in [-0.3, -0.25) is 4.79 Å². The molecule has 0 radical (unpaired) electrons. The molecule has 0 aliphatic carbocycles. The maximum Gasteiger partial charge on any atom is 0.318 e. The number of ether oxygens (including phenoxy) is 1. The van der Waals surface area contributed by atoms with Gasteiger partial charge in [0.2, 0.25) is 5.89 Å². The Kier molecular flexibility index (Phi) is 4.76. The number of carbonyl (C=O) groups is 1. The molecule has 1 aromatic rings. The summed E-state index contributed by atoms with van der Waals surface area (Å²) in [6.07, 6.45) is -1.12. The zero-order valence-electron chi connectivity index (χ0n) is 13.4. The van der Waals surface area contributed by atoms with E-state index in [4.69, 9.17) is 9.15 Å². The highest BCUT2D eigenvalue weighted by atomic mass is 19.1. The number of alkyl halides is 1. The number of anilines is 1. The minimum atomic E-state index is -0.971. The largest absolute Gasteiger partial charge is 0.408 e. The van der Waals surface area contributed by atoms with Crippen LogP contribution in [0.25, 0.3) is 0 Å². The third-order valence-electron chi connectivity index (χ3n) is 4.20. The van der Waals surface area contributed by atoms with Crippen molar-refractivity contribution < 1.29 is 18.3 Å². The zero-order chi connectivity index (χ0) is 16.4. The number of morpholine rings is 1. The van der Waals surface area contributed by atoms with Crippen LogP contribution in [0.4, 0.5) is 10.4 Å². The van der Waals surface area contributed by atoms with E-state index in [2.05, 4.69) is 20.4 Å². The lowest BCUT2D eigenvalue weighted by Crippen LogP contribution is -2.50. The minimum absolute atomic E-state index is 0.166. The lowest BCUT2D eigenvalue weighted by Gasteiger charge is -2.30. The molecular formula is C14H22FN5O3. The average Bonchev–Trinajstić information content (AvgIpc) is 3.10. The fourth-order valence-corrected chi connectivity index (χ4v) is 2.96. The molecule has 2 saturated heterocycles. The Labute approximate surface area is 134 Å². The molecule has 23 heavy (non-hydrogen) atoms. The van der Waals surface area contributed by atoms with Crippen LogP contribution in [0.3, 0.4) is 0 Å². The first kappa shape index (κ1) is 16.1. The van der Waals surface area contributed by atoms with Gasteiger partial charge in [-0.15, -0.1) is 5.10 Å². The van der Waals surface area contributed by atoms with Gasteiger partial charge in [0, 0.05) is 33.0 Å². The van der Waals surface area contributed by atoms with E-state index in [0.29, 0.717) is 38.0 Å². The highest BCUT2D eigenvalue weighted by Gasteiger charge is 2.36. The summed E-state index contributed by atoms with van der Waals surface area (Å²) in [6, 6.07) is 0.102. The second-order valence-corrected chi connectivity index (χ2v) is 6.11. The molecule has 0 spiro atoms. The molecule has 1 unspecified atom stereocenters. The molecule has 0 bridgehead atoms. The molecule has 2 fully saturated rings. The number of halogens is 1. The topological polar surface area (TPSA) is 83.7 Å². The second-order valence-electron chi connectivity index (χ2n) is 6.11. The monoisotopic (exact) mass is 327 g/mol. The minimum Gasteiger partial charge on any atom is -0.408 e. The van der Waals surface area contributed by atoms with E-state index < -0.39 is 12.3 Å². The first-order chi connectivity index (χ1) is 11.0. The Morgan fingerprint density at radius 2 is 2.26 bits per heavy atom. The predicted molar refractivity (Wildman–Crippen MR) is 79.9 cm³/mol. The summed E-state index contributed by atoms with van der Waals surface area (Å²) in [7, 11) is 1.95. The van der Waals surface area contributed by atoms with Crippen LogP contribution >= 0.6 is 0 Å². The highest BCUT2D eigenvalue weighted by molar-refractivity contribution is 5.81. The fraction of sp³-hybridized carbons (Fsp3) is 0.786. The van der Waals surface area contributed by atoms with Crippen LogP contribution in [0, 0.1) is 6.92 Å². The molecule has 3 rings (SSSR count). The Bertz CT molecular complexity index is 554. The first-order valence-corrected chi connectivity index (χ1v) is 7.81. The van der Waals surface area contributed by atoms with E-state index in [1.54, 1.807) is 11.8 Å². The number of hydrogen-bond acceptors (Lipinski definition) is 7. The normalized spacial score (nSPS) is 29.0. The molecule has 8 nitrogen and oxygen atoms in total. The number of aryl methyl sites for hydroxylation is 1. The summed E-state index contributed by atoms with van der Waals surface area (Å²) in [5.41, 5.74) is 0. The number of amides is 1. The van der Waals surface area contributed by atoms with Gasteiger partial charge in [-0.1, -0.05) is 5.10 Å². The van der Waals surface area contributed by atoms with Crippen LogP contribution in [0.1, 0.15) is 12.3 Å². The third-order valence-corrected chi connectivity index (χ3v) is 4.20. The van der Waals surface area contributed by atoms with E-state index in [9.17, 15) is 9.18 Å². The molecule has 1 N–H and O–H groups in total. The molecule has 1 amide bonds. The van der Waals surface area contributed by atoms with Crippen LogP contribution in [0.2, 0.25) is 0 Å². The maximum absolute atomic E-state index is 13.8. The molecule has 1 aromatic heterocycles. The summed E-state index contributed by atoms with van der Waals surface area (Å²) in [4.78, 5) is 16.0. The fourth-order valence-electron chi connectivity index (χ4n) is 2.96. The second kappa shape index (κ2) is 6.79. The summed E-state index contributed by atoms with van der Waals surface area (Å²) >= 11 is 0. The number of rotatable bonds is 4. The summed E-state index contributed by atoms with van der Waals surface area (Å²) in [5.74, 6) is 0.268. The van der Waals surface area contributed by atoms with Gasteiger partial charge in [0.15, 0.2) is 0 Å². The number of hydrogen-bond donors (Lipinski definition) is 1. The summed E-state index contributed by atoms with van der Waals surface area (Å²) in [5, 5.41) is 10.6. The van der Waals surface area contributed by atoms with E-state index in [-0.39, 0.29) is 18.5 Å². The molecule has 3 heterocycles. The number of aromatic nitrogens is 2. The van der Waals surface area contributed by atoms with Crippen LogP contribution in [-0.2, 0) is 9.53 Å². The van der Waals surface area contributed by atoms with Crippen molar-refractivity contribution in [1.29, 1.82) is 0 Å². The Morgan fingerprint density at radius 1 is 1.43 bits per heavy atom. The molecule has 0 aromatic carbocycles. The van der Waals surface area contributed by atoms with Crippen molar-refractivity contribution >= 4 is 11.9 Å². The summed E-state index contributed by atoms with van der Waals surface area (Å²) in [6.45, 7) is 4.13. The predicted octanol–water partition coefficient (Wildman–Crippen LogP) is -0.258. The quantitative estimate of drug-likeness (QED) is 0.816. The first-order valence-electron chi connectivity index (χ1n) is 7.81. The van der Waals surface area contributed by atoms with Gasteiger partial charge in [-0.25, -0.2) is 4.39 Å². The van der Waals surface area contributed by atoms with Gasteiger partial charge < -0.3 is 24.3 Å². The summed E-state index contributed by atoms with van der Waals surface area (Å²) < 4.78 is 24.6. The van der Waals surface area contributed by atoms with Gasteiger partial charge in [0.25, 0.3) is 5.91 Å². The van der Waals surface area contributed by atoms with E-state index in [1.807, 2.05) is 7.05 Å². The van der Waals surface area contributed by atoms with Gasteiger partial charge >= 0.3 is 6.01 Å². The molecule has 128 valence electrons. The molecule has 2 aliphatic rings. The zero-order valence-corrected chi connectivity index (χ0v) is 13.4. The molecule has 9 heteroatoms. The number of carbonyl (C=O) groups excluding carboxylic acids is 1. The van der Waals surface area contributed by atoms with Crippen LogP contribution in [-0.4, -0.2) is 79.2 Å². The van der Waals surface area contributed by atoms with Crippen LogP contribution in [0.5, 0.6) is 0 Å². The van der Waals surface area contributed by atoms with Crippen molar-refractivity contribution in [2.24, 2.45) is 0 Å². The maximum atomic E-state index is 13.8. The number of nitrogens with one attached hydrogen (secondary N) is 1. The lowest BCUT2D eigenvalue weighted by atomic mass is 10.2. The van der Waals surface area contributed by atoms with Crippen molar-refractivity contribution in [2.75, 3.05) is 44.7 Å². The standard InChI is InChI=1S/C14H22FN5O3/c1-9-17-18-14(23-9)20-7-10(15)5-11(20)6-16-13(21)12-8-19(2)3-4-22-12/h10-12H,3-8H2,1-2H3,(H,16,21)/t10-,11-,12?/m0/s1. The molecule has 3 atom stereocenters. The van der Waals surface area contributed by atoms with Gasteiger partial charge in [0.1, 0.15) is 12.3 Å². The molecule has 0 saturated carbocycles. The van der Waals surface area contributed by atoms with Crippen LogP contribution < -0.4 is 10.2 Å². The van der Waals surface area contributed by atoms with Crippen molar-refractivity contribution in [2.45, 2.75) is 31.7 Å². The number of likely N-dealkylation sites (N-methyl/N-ethyl adjacent to an activating group) is 1. The SMILES string of the molecule is Cc1nnc(N2C[C@@H](F)C[C@H]2CNC(=O)C2CN(C)CCO2)o1.